The number of amides is 2. The Morgan fingerprint density at radius 1 is 1.14 bits per heavy atom. The molecule has 6 heteroatoms. The van der Waals surface area contributed by atoms with Crippen molar-refractivity contribution in [3.05, 3.63) is 33.4 Å². The molecule has 1 aromatic rings. The molecule has 2 rings (SSSR count). The van der Waals surface area contributed by atoms with Crippen molar-refractivity contribution in [3.8, 4) is 0 Å². The molecule has 1 fully saturated rings. The van der Waals surface area contributed by atoms with Crippen LogP contribution in [0.25, 0.3) is 0 Å². The highest BCUT2D eigenvalue weighted by Gasteiger charge is 2.40. The van der Waals surface area contributed by atoms with Gasteiger partial charge in [-0.15, -0.1) is 0 Å². The number of hydrogen-bond acceptors (Lipinski definition) is 2. The van der Waals surface area contributed by atoms with Crippen molar-refractivity contribution in [1.29, 1.82) is 0 Å². The monoisotopic (exact) mass is 402 g/mol. The third-order valence-corrected chi connectivity index (χ3v) is 4.55. The van der Waals surface area contributed by atoms with Crippen molar-refractivity contribution in [1.82, 2.24) is 10.6 Å². The van der Waals surface area contributed by atoms with Gasteiger partial charge >= 0.3 is 12.0 Å². The Hall–Kier alpha value is -1.31. The smallest absolute Gasteiger partial charge is 0.329 e. The molecule has 5 nitrogen and oxygen atoms in total. The lowest BCUT2D eigenvalue weighted by Gasteiger charge is -2.33. The summed E-state index contributed by atoms with van der Waals surface area (Å²) in [4.78, 5) is 23.5. The van der Waals surface area contributed by atoms with Gasteiger partial charge in [0.15, 0.2) is 0 Å². The summed E-state index contributed by atoms with van der Waals surface area (Å²) in [6.07, 6.45) is 3.70. The van der Waals surface area contributed by atoms with E-state index in [2.05, 4.69) is 33.2 Å². The van der Waals surface area contributed by atoms with Crippen LogP contribution < -0.4 is 10.6 Å². The minimum atomic E-state index is -1.10. The van der Waals surface area contributed by atoms with Crippen LogP contribution in [-0.2, 0) is 11.3 Å². The van der Waals surface area contributed by atoms with Gasteiger partial charge in [0, 0.05) is 10.1 Å². The summed E-state index contributed by atoms with van der Waals surface area (Å²) in [5.74, 6) is -0.938. The van der Waals surface area contributed by atoms with Crippen LogP contribution in [0.5, 0.6) is 0 Å². The van der Waals surface area contributed by atoms with Gasteiger partial charge in [-0.1, -0.05) is 31.4 Å². The van der Waals surface area contributed by atoms with Crippen LogP contribution in [-0.4, -0.2) is 22.6 Å². The zero-order chi connectivity index (χ0) is 15.3. The summed E-state index contributed by atoms with van der Waals surface area (Å²) < 4.78 is 1.13. The van der Waals surface area contributed by atoms with Gasteiger partial charge < -0.3 is 15.7 Å². The molecule has 1 saturated carbocycles. The van der Waals surface area contributed by atoms with E-state index >= 15 is 0 Å². The summed E-state index contributed by atoms with van der Waals surface area (Å²) in [6, 6.07) is 7.40. The molecule has 3 N–H and O–H groups in total. The van der Waals surface area contributed by atoms with Crippen LogP contribution in [0.15, 0.2) is 24.3 Å². The molecule has 0 atom stereocenters. The first-order valence-corrected chi connectivity index (χ1v) is 8.14. The second-order valence-corrected chi connectivity index (χ2v) is 6.63. The number of carbonyl (C=O) groups is 2. The van der Waals surface area contributed by atoms with Crippen LogP contribution in [0.1, 0.15) is 37.7 Å². The molecule has 0 heterocycles. The molecule has 1 aliphatic carbocycles. The molecule has 1 aliphatic rings. The number of urea groups is 1. The summed E-state index contributed by atoms with van der Waals surface area (Å²) >= 11 is 2.22. The molecule has 114 valence electrons. The lowest BCUT2D eigenvalue weighted by atomic mass is 9.82. The van der Waals surface area contributed by atoms with Gasteiger partial charge in [0.25, 0.3) is 0 Å². The van der Waals surface area contributed by atoms with Gasteiger partial charge in [0.1, 0.15) is 5.54 Å². The van der Waals surface area contributed by atoms with Gasteiger partial charge in [-0.3, -0.25) is 0 Å². The Morgan fingerprint density at radius 3 is 2.33 bits per heavy atom. The predicted molar refractivity (Wildman–Crippen MR) is 88.0 cm³/mol. The molecular weight excluding hydrogens is 383 g/mol. The molecule has 0 bridgehead atoms. The highest BCUT2D eigenvalue weighted by atomic mass is 127. The summed E-state index contributed by atoms with van der Waals surface area (Å²) in [5, 5.41) is 14.8. The molecule has 1 aromatic carbocycles. The number of carboxylic acid groups (broad SMARTS) is 1. The average molecular weight is 402 g/mol. The third-order valence-electron chi connectivity index (χ3n) is 3.84. The maximum atomic E-state index is 12.0. The maximum absolute atomic E-state index is 12.0. The Kier molecular flexibility index (Phi) is 5.44. The number of nitrogens with one attached hydrogen (secondary N) is 2. The average Bonchev–Trinajstić information content (AvgIpc) is 2.47. The van der Waals surface area contributed by atoms with Crippen molar-refractivity contribution >= 4 is 34.6 Å². The summed E-state index contributed by atoms with van der Waals surface area (Å²) in [6.45, 7) is 0.387. The first-order chi connectivity index (χ1) is 10.0. The fraction of sp³-hybridized carbons (Fsp3) is 0.467. The normalized spacial score (nSPS) is 17.0. The van der Waals surface area contributed by atoms with Crippen molar-refractivity contribution in [2.75, 3.05) is 0 Å². The fourth-order valence-electron chi connectivity index (χ4n) is 2.59. The number of hydrogen-bond donors (Lipinski definition) is 3. The van der Waals surface area contributed by atoms with Gasteiger partial charge in [0.05, 0.1) is 0 Å². The lowest BCUT2D eigenvalue weighted by molar-refractivity contribution is -0.145. The van der Waals surface area contributed by atoms with Crippen molar-refractivity contribution in [2.45, 2.75) is 44.2 Å². The molecule has 0 aromatic heterocycles. The van der Waals surface area contributed by atoms with Gasteiger partial charge in [-0.2, -0.15) is 0 Å². The van der Waals surface area contributed by atoms with E-state index in [0.29, 0.717) is 19.4 Å². The quantitative estimate of drug-likeness (QED) is 0.678. The molecule has 0 aliphatic heterocycles. The third kappa shape index (κ3) is 4.33. The number of aliphatic carboxylic acids is 1. The fourth-order valence-corrected chi connectivity index (χ4v) is 2.95. The molecular formula is C15H19IN2O3. The van der Waals surface area contributed by atoms with Crippen LogP contribution >= 0.6 is 22.6 Å². The van der Waals surface area contributed by atoms with E-state index in [0.717, 1.165) is 28.4 Å². The second-order valence-electron chi connectivity index (χ2n) is 5.38. The largest absolute Gasteiger partial charge is 0.480 e. The molecule has 21 heavy (non-hydrogen) atoms. The molecule has 0 spiro atoms. The van der Waals surface area contributed by atoms with E-state index in [1.807, 2.05) is 24.3 Å². The topological polar surface area (TPSA) is 78.4 Å². The Labute approximate surface area is 137 Å². The number of carbonyl (C=O) groups excluding carboxylic acids is 1. The first kappa shape index (κ1) is 16.1. The first-order valence-electron chi connectivity index (χ1n) is 7.06. The van der Waals surface area contributed by atoms with Crippen LogP contribution in [0.3, 0.4) is 0 Å². The van der Waals surface area contributed by atoms with Crippen molar-refractivity contribution in [2.24, 2.45) is 0 Å². The predicted octanol–water partition coefficient (Wildman–Crippen LogP) is 2.88. The Morgan fingerprint density at radius 2 is 1.76 bits per heavy atom. The SMILES string of the molecule is O=C(NCc1ccc(I)cc1)NC1(C(=O)O)CCCCC1. The van der Waals surface area contributed by atoms with E-state index in [4.69, 9.17) is 0 Å². The number of halogens is 1. The number of benzene rings is 1. The Balaban J connectivity index is 1.90. The standard InChI is InChI=1S/C15H19IN2O3/c16-12-6-4-11(5-7-12)10-17-14(21)18-15(13(19)20)8-2-1-3-9-15/h4-7H,1-3,8-10H2,(H,19,20)(H2,17,18,21). The van der Waals surface area contributed by atoms with E-state index in [1.54, 1.807) is 0 Å². The summed E-state index contributed by atoms with van der Waals surface area (Å²) in [7, 11) is 0. The lowest BCUT2D eigenvalue weighted by Crippen LogP contribution is -2.57. The minimum absolute atomic E-state index is 0.387. The number of carboxylic acids is 1. The van der Waals surface area contributed by atoms with Crippen LogP contribution in [0.2, 0.25) is 0 Å². The minimum Gasteiger partial charge on any atom is -0.480 e. The maximum Gasteiger partial charge on any atom is 0.329 e. The van der Waals surface area contributed by atoms with Gasteiger partial charge in [0.2, 0.25) is 0 Å². The number of rotatable bonds is 4. The zero-order valence-corrected chi connectivity index (χ0v) is 13.9. The zero-order valence-electron chi connectivity index (χ0n) is 11.7. The van der Waals surface area contributed by atoms with E-state index in [9.17, 15) is 14.7 Å². The van der Waals surface area contributed by atoms with E-state index in [1.165, 1.54) is 0 Å². The molecule has 0 saturated heterocycles. The van der Waals surface area contributed by atoms with E-state index in [-0.39, 0.29) is 0 Å². The van der Waals surface area contributed by atoms with Crippen LogP contribution in [0.4, 0.5) is 4.79 Å². The van der Waals surface area contributed by atoms with Gasteiger partial charge in [-0.05, 0) is 53.1 Å². The Bertz CT molecular complexity index is 510. The highest BCUT2D eigenvalue weighted by molar-refractivity contribution is 14.1. The molecule has 2 amide bonds. The van der Waals surface area contributed by atoms with Crippen molar-refractivity contribution < 1.29 is 14.7 Å². The van der Waals surface area contributed by atoms with E-state index < -0.39 is 17.5 Å². The van der Waals surface area contributed by atoms with Gasteiger partial charge in [-0.25, -0.2) is 9.59 Å². The molecule has 0 unspecified atom stereocenters. The van der Waals surface area contributed by atoms with Crippen LogP contribution in [0, 0.1) is 3.57 Å². The highest BCUT2D eigenvalue weighted by Crippen LogP contribution is 2.28. The molecule has 0 radical (unpaired) electrons. The summed E-state index contributed by atoms with van der Waals surface area (Å²) in [5.41, 5.74) is -0.118. The van der Waals surface area contributed by atoms with Crippen molar-refractivity contribution in [3.63, 3.8) is 0 Å². The second kappa shape index (κ2) is 7.11.